The first-order valence-electron chi connectivity index (χ1n) is 20.7. The fourth-order valence-corrected chi connectivity index (χ4v) is 11.8. The molecule has 0 radical (unpaired) electrons. The lowest BCUT2D eigenvalue weighted by atomic mass is 10.0. The molecule has 288 valence electrons. The number of rotatable bonds is 4. The second-order valence-electron chi connectivity index (χ2n) is 15.9. The number of furan rings is 1. The highest BCUT2D eigenvalue weighted by molar-refractivity contribution is 7.26. The van der Waals surface area contributed by atoms with Crippen molar-refractivity contribution in [2.24, 2.45) is 0 Å². The van der Waals surface area contributed by atoms with Gasteiger partial charge in [0.15, 0.2) is 17.5 Å². The minimum Gasteiger partial charge on any atom is -0.456 e. The van der Waals surface area contributed by atoms with E-state index in [1.807, 2.05) is 34.8 Å². The quantitative estimate of drug-likeness (QED) is 0.177. The van der Waals surface area contributed by atoms with Gasteiger partial charge in [-0.05, 0) is 95.7 Å². The van der Waals surface area contributed by atoms with Gasteiger partial charge in [-0.3, -0.25) is 0 Å². The van der Waals surface area contributed by atoms with Crippen molar-refractivity contribution in [3.8, 4) is 39.9 Å². The molecule has 0 N–H and O–H groups in total. The Labute approximate surface area is 361 Å². The first kappa shape index (κ1) is 34.0. The van der Waals surface area contributed by atoms with Crippen molar-refractivity contribution >= 4 is 118 Å². The summed E-state index contributed by atoms with van der Waals surface area (Å²) in [7, 11) is 0. The van der Waals surface area contributed by atoms with Crippen molar-refractivity contribution in [3.05, 3.63) is 182 Å². The van der Waals surface area contributed by atoms with Crippen LogP contribution in [0, 0.1) is 0 Å². The van der Waals surface area contributed by atoms with E-state index in [2.05, 4.69) is 174 Å². The molecule has 9 aromatic carbocycles. The minimum atomic E-state index is 0.587. The van der Waals surface area contributed by atoms with Gasteiger partial charge in [-0.2, -0.15) is 0 Å². The van der Waals surface area contributed by atoms with E-state index in [4.69, 9.17) is 19.4 Å². The Morgan fingerprint density at radius 1 is 0.371 bits per heavy atom. The number of fused-ring (bicyclic) bond motifs is 13. The van der Waals surface area contributed by atoms with Crippen LogP contribution in [0.1, 0.15) is 0 Å². The molecule has 0 fully saturated rings. The van der Waals surface area contributed by atoms with Crippen LogP contribution in [-0.4, -0.2) is 19.5 Å². The third-order valence-corrected chi connectivity index (χ3v) is 14.7. The number of nitrogens with zero attached hydrogens (tertiary/aromatic N) is 4. The molecule has 0 aliphatic heterocycles. The van der Waals surface area contributed by atoms with E-state index < -0.39 is 0 Å². The Kier molecular flexibility index (Phi) is 7.08. The topological polar surface area (TPSA) is 56.7 Å². The van der Waals surface area contributed by atoms with Gasteiger partial charge in [0.05, 0.1) is 22.1 Å². The smallest absolute Gasteiger partial charge is 0.166 e. The fraction of sp³-hybridized carbons (Fsp3) is 0. The Morgan fingerprint density at radius 2 is 0.919 bits per heavy atom. The largest absolute Gasteiger partial charge is 0.456 e. The highest BCUT2D eigenvalue weighted by Gasteiger charge is 2.25. The number of aromatic nitrogens is 4. The molecule has 0 bridgehead atoms. The van der Waals surface area contributed by atoms with Crippen molar-refractivity contribution in [2.45, 2.75) is 0 Å². The monoisotopic (exact) mass is 826 g/mol. The van der Waals surface area contributed by atoms with Gasteiger partial charge in [-0.25, -0.2) is 15.0 Å². The molecule has 0 amide bonds. The van der Waals surface area contributed by atoms with Gasteiger partial charge in [0.25, 0.3) is 0 Å². The van der Waals surface area contributed by atoms with Crippen LogP contribution in [0.25, 0.3) is 135 Å². The van der Waals surface area contributed by atoms with Gasteiger partial charge >= 0.3 is 0 Å². The summed E-state index contributed by atoms with van der Waals surface area (Å²) >= 11 is 3.62. The van der Waals surface area contributed by atoms with Crippen LogP contribution in [0.5, 0.6) is 0 Å². The molecule has 14 rings (SSSR count). The van der Waals surface area contributed by atoms with Crippen molar-refractivity contribution in [1.29, 1.82) is 0 Å². The van der Waals surface area contributed by atoms with E-state index in [1.54, 1.807) is 0 Å². The first-order chi connectivity index (χ1) is 30.7. The van der Waals surface area contributed by atoms with Gasteiger partial charge in [0.2, 0.25) is 0 Å². The van der Waals surface area contributed by atoms with Gasteiger partial charge in [-0.1, -0.05) is 97.1 Å². The summed E-state index contributed by atoms with van der Waals surface area (Å²) in [6, 6.07) is 64.9. The molecule has 14 aromatic rings. The van der Waals surface area contributed by atoms with E-state index in [0.29, 0.717) is 17.5 Å². The third kappa shape index (κ3) is 4.97. The average molecular weight is 827 g/mol. The Hall–Kier alpha value is -7.71. The predicted octanol–water partition coefficient (Wildman–Crippen LogP) is 15.8. The van der Waals surface area contributed by atoms with Crippen LogP contribution >= 0.6 is 22.7 Å². The van der Waals surface area contributed by atoms with Crippen molar-refractivity contribution in [2.75, 3.05) is 0 Å². The van der Waals surface area contributed by atoms with E-state index in [9.17, 15) is 0 Å². The van der Waals surface area contributed by atoms with Gasteiger partial charge in [0, 0.05) is 73.2 Å². The summed E-state index contributed by atoms with van der Waals surface area (Å²) < 4.78 is 14.0. The normalized spacial score (nSPS) is 12.2. The molecule has 0 saturated carbocycles. The SMILES string of the molecule is c1ccc2cc3c(cc2c1)c1ccccc1n3-c1c(-c2nc(-c3ccc4sc5ccccc5c4c3)nc(-c3ccc4sc5ccccc5c4c3)n2)ccc2oc3ccccc3c12. The second-order valence-corrected chi connectivity index (χ2v) is 18.1. The lowest BCUT2D eigenvalue weighted by molar-refractivity contribution is 0.669. The summed E-state index contributed by atoms with van der Waals surface area (Å²) in [6.45, 7) is 0. The zero-order valence-electron chi connectivity index (χ0n) is 32.8. The fourth-order valence-electron chi connectivity index (χ4n) is 9.59. The minimum absolute atomic E-state index is 0.587. The van der Waals surface area contributed by atoms with Crippen LogP contribution < -0.4 is 0 Å². The molecule has 0 atom stereocenters. The highest BCUT2D eigenvalue weighted by Crippen LogP contribution is 2.45. The van der Waals surface area contributed by atoms with Crippen molar-refractivity contribution in [3.63, 3.8) is 0 Å². The lowest BCUT2D eigenvalue weighted by Gasteiger charge is -2.16. The zero-order chi connectivity index (χ0) is 40.5. The van der Waals surface area contributed by atoms with Crippen molar-refractivity contribution in [1.82, 2.24) is 19.5 Å². The van der Waals surface area contributed by atoms with Crippen LogP contribution in [0.4, 0.5) is 0 Å². The van der Waals surface area contributed by atoms with Crippen LogP contribution in [0.2, 0.25) is 0 Å². The molecule has 0 aliphatic carbocycles. The molecular formula is C55H30N4OS2. The first-order valence-corrected chi connectivity index (χ1v) is 22.3. The van der Waals surface area contributed by atoms with Gasteiger partial charge in [-0.15, -0.1) is 22.7 Å². The van der Waals surface area contributed by atoms with E-state index in [-0.39, 0.29) is 0 Å². The molecule has 0 unspecified atom stereocenters. The van der Waals surface area contributed by atoms with E-state index >= 15 is 0 Å². The summed E-state index contributed by atoms with van der Waals surface area (Å²) in [5.74, 6) is 1.83. The standard InChI is InChI=1S/C55H30N4OS2/c1-2-12-32-30-44-40(27-31(32)11-1)35-13-3-7-17-43(35)59(44)52-39(23-24-46-51(52)38-16-4-8-18-45(38)60-46)55-57-53(33-21-25-49-41(28-33)36-14-5-9-19-47(36)61-49)56-54(58-55)34-22-26-50-42(29-34)37-15-6-10-20-48(37)62-50/h1-30H. The van der Waals surface area contributed by atoms with Crippen LogP contribution in [0.3, 0.4) is 0 Å². The number of para-hydroxylation sites is 2. The molecule has 5 nitrogen and oxygen atoms in total. The second kappa shape index (κ2) is 12.9. The molecule has 62 heavy (non-hydrogen) atoms. The summed E-state index contributed by atoms with van der Waals surface area (Å²) in [5.41, 5.74) is 7.55. The molecule has 5 heterocycles. The maximum absolute atomic E-state index is 6.63. The van der Waals surface area contributed by atoms with E-state index in [0.717, 1.165) is 55.3 Å². The van der Waals surface area contributed by atoms with Crippen molar-refractivity contribution < 1.29 is 4.42 Å². The molecule has 0 aliphatic rings. The Balaban J connectivity index is 1.10. The summed E-state index contributed by atoms with van der Waals surface area (Å²) in [4.78, 5) is 16.3. The molecule has 0 saturated heterocycles. The highest BCUT2D eigenvalue weighted by atomic mass is 32.1. The maximum Gasteiger partial charge on any atom is 0.166 e. The Morgan fingerprint density at radius 3 is 1.61 bits per heavy atom. The molecule has 0 spiro atoms. The molecule has 7 heteroatoms. The van der Waals surface area contributed by atoms with Gasteiger partial charge < -0.3 is 8.98 Å². The summed E-state index contributed by atoms with van der Waals surface area (Å²) in [6.07, 6.45) is 0. The molecule has 5 aromatic heterocycles. The van der Waals surface area contributed by atoms with E-state index in [1.165, 1.54) is 61.9 Å². The maximum atomic E-state index is 6.63. The number of thiophene rings is 2. The average Bonchev–Trinajstić information content (AvgIpc) is 4.09. The number of hydrogen-bond donors (Lipinski definition) is 0. The Bertz CT molecular complexity index is 4060. The lowest BCUT2D eigenvalue weighted by Crippen LogP contribution is -2.04. The van der Waals surface area contributed by atoms with Crippen LogP contribution in [0.15, 0.2) is 186 Å². The molecular weight excluding hydrogens is 797 g/mol. The van der Waals surface area contributed by atoms with Gasteiger partial charge in [0.1, 0.15) is 11.2 Å². The zero-order valence-corrected chi connectivity index (χ0v) is 34.5. The third-order valence-electron chi connectivity index (χ3n) is 12.4. The predicted molar refractivity (Wildman–Crippen MR) is 261 cm³/mol. The van der Waals surface area contributed by atoms with Crippen LogP contribution in [-0.2, 0) is 0 Å². The summed E-state index contributed by atoms with van der Waals surface area (Å²) in [5, 5.41) is 11.6. The number of hydrogen-bond acceptors (Lipinski definition) is 6. The number of benzene rings is 9.